The number of hydrogen-bond donors (Lipinski definition) is 2. The lowest BCUT2D eigenvalue weighted by Gasteiger charge is -1.93. The summed E-state index contributed by atoms with van der Waals surface area (Å²) < 4.78 is 0. The minimum absolute atomic E-state index is 0.126. The van der Waals surface area contributed by atoms with Crippen molar-refractivity contribution in [1.29, 1.82) is 0 Å². The molecule has 0 aromatic heterocycles. The first-order valence-corrected chi connectivity index (χ1v) is 3.65. The predicted octanol–water partition coefficient (Wildman–Crippen LogP) is 0.938. The van der Waals surface area contributed by atoms with Crippen molar-refractivity contribution < 1.29 is 4.79 Å². The van der Waals surface area contributed by atoms with Crippen molar-refractivity contribution in [3.8, 4) is 0 Å². The van der Waals surface area contributed by atoms with Gasteiger partial charge in [0.1, 0.15) is 0 Å². The van der Waals surface area contributed by atoms with Crippen molar-refractivity contribution in [3.63, 3.8) is 0 Å². The molecular formula is C9H8N2O. The van der Waals surface area contributed by atoms with Gasteiger partial charge in [-0.1, -0.05) is 18.2 Å². The molecular weight excluding hydrogens is 152 g/mol. The van der Waals surface area contributed by atoms with Crippen LogP contribution >= 0.6 is 0 Å². The second-order valence-corrected chi connectivity index (χ2v) is 2.58. The number of carbonyl (C=O) groups is 1. The van der Waals surface area contributed by atoms with Crippen molar-refractivity contribution in [2.24, 2.45) is 5.73 Å². The summed E-state index contributed by atoms with van der Waals surface area (Å²) in [6.45, 7) is 0. The van der Waals surface area contributed by atoms with Gasteiger partial charge in [-0.05, 0) is 6.07 Å². The molecule has 60 valence electrons. The molecule has 0 fully saturated rings. The van der Waals surface area contributed by atoms with Crippen LogP contribution < -0.4 is 11.1 Å². The lowest BCUT2D eigenvalue weighted by atomic mass is 10.1. The second-order valence-electron chi connectivity index (χ2n) is 2.58. The van der Waals surface area contributed by atoms with Gasteiger partial charge < -0.3 is 11.1 Å². The third-order valence-corrected chi connectivity index (χ3v) is 1.88. The molecule has 1 aromatic rings. The van der Waals surface area contributed by atoms with E-state index >= 15 is 0 Å². The monoisotopic (exact) mass is 160 g/mol. The third kappa shape index (κ3) is 0.797. The number of nitrogens with two attached hydrogens (primary N) is 1. The number of para-hydroxylation sites is 1. The molecule has 1 heterocycles. The lowest BCUT2D eigenvalue weighted by Crippen LogP contribution is -2.04. The molecule has 0 saturated heterocycles. The molecule has 2 rings (SSSR count). The van der Waals surface area contributed by atoms with E-state index in [1.165, 1.54) is 6.20 Å². The Labute approximate surface area is 69.9 Å². The Morgan fingerprint density at radius 1 is 1.33 bits per heavy atom. The van der Waals surface area contributed by atoms with Crippen LogP contribution in [0, 0.1) is 0 Å². The zero-order chi connectivity index (χ0) is 8.55. The highest BCUT2D eigenvalue weighted by molar-refractivity contribution is 6.31. The zero-order valence-electron chi connectivity index (χ0n) is 6.37. The van der Waals surface area contributed by atoms with Crippen LogP contribution in [0.4, 0.5) is 5.69 Å². The minimum Gasteiger partial charge on any atom is -0.404 e. The minimum atomic E-state index is -0.126. The van der Waals surface area contributed by atoms with Gasteiger partial charge in [0.15, 0.2) is 0 Å². The highest BCUT2D eigenvalue weighted by Crippen LogP contribution is 2.29. The zero-order valence-corrected chi connectivity index (χ0v) is 6.37. The third-order valence-electron chi connectivity index (χ3n) is 1.88. The number of hydrogen-bond acceptors (Lipinski definition) is 2. The van der Waals surface area contributed by atoms with E-state index in [4.69, 9.17) is 5.73 Å². The standard InChI is InChI=1S/C9H8N2O/c10-5-7-6-3-1-2-4-8(6)11-9(7)12/h1-5H,10H2,(H,11,12)/b7-5-. The molecule has 1 aliphatic heterocycles. The van der Waals surface area contributed by atoms with Gasteiger partial charge in [0.2, 0.25) is 0 Å². The van der Waals surface area contributed by atoms with E-state index < -0.39 is 0 Å². The van der Waals surface area contributed by atoms with Crippen molar-refractivity contribution >= 4 is 17.2 Å². The molecule has 0 saturated carbocycles. The number of nitrogens with one attached hydrogen (secondary N) is 1. The number of anilines is 1. The van der Waals surface area contributed by atoms with Crippen LogP contribution in [0.1, 0.15) is 5.56 Å². The molecule has 3 nitrogen and oxygen atoms in total. The Hall–Kier alpha value is -1.77. The van der Waals surface area contributed by atoms with E-state index in [-0.39, 0.29) is 5.91 Å². The van der Waals surface area contributed by atoms with Gasteiger partial charge in [-0.25, -0.2) is 0 Å². The fourth-order valence-corrected chi connectivity index (χ4v) is 1.30. The van der Waals surface area contributed by atoms with E-state index in [0.717, 1.165) is 11.3 Å². The maximum atomic E-state index is 11.2. The molecule has 12 heavy (non-hydrogen) atoms. The van der Waals surface area contributed by atoms with E-state index in [1.54, 1.807) is 0 Å². The normalized spacial score (nSPS) is 17.7. The molecule has 0 spiro atoms. The summed E-state index contributed by atoms with van der Waals surface area (Å²) in [7, 11) is 0. The van der Waals surface area contributed by atoms with E-state index in [0.29, 0.717) is 5.57 Å². The first-order chi connectivity index (χ1) is 5.83. The Balaban J connectivity index is 2.62. The average Bonchev–Trinajstić information content (AvgIpc) is 2.40. The maximum absolute atomic E-state index is 11.2. The summed E-state index contributed by atoms with van der Waals surface area (Å²) in [5, 5.41) is 2.71. The van der Waals surface area contributed by atoms with Crippen LogP contribution in [0.25, 0.3) is 5.57 Å². The van der Waals surface area contributed by atoms with Crippen molar-refractivity contribution in [3.05, 3.63) is 36.0 Å². The Bertz CT molecular complexity index is 369. The van der Waals surface area contributed by atoms with Crippen LogP contribution in [-0.4, -0.2) is 5.91 Å². The quantitative estimate of drug-likeness (QED) is 0.555. The average molecular weight is 160 g/mol. The second kappa shape index (κ2) is 2.37. The van der Waals surface area contributed by atoms with E-state index in [1.807, 2.05) is 24.3 Å². The summed E-state index contributed by atoms with van der Waals surface area (Å²) in [5.74, 6) is -0.126. The first-order valence-electron chi connectivity index (χ1n) is 3.65. The van der Waals surface area contributed by atoms with Crippen molar-refractivity contribution in [2.75, 3.05) is 5.32 Å². The SMILES string of the molecule is N/C=C1\C(=O)Nc2ccccc21. The molecule has 0 bridgehead atoms. The van der Waals surface area contributed by atoms with Gasteiger partial charge in [0, 0.05) is 17.5 Å². The highest BCUT2D eigenvalue weighted by atomic mass is 16.2. The van der Waals surface area contributed by atoms with Crippen LogP contribution in [-0.2, 0) is 4.79 Å². The summed E-state index contributed by atoms with van der Waals surface area (Å²) in [5.41, 5.74) is 7.58. The smallest absolute Gasteiger partial charge is 0.257 e. The van der Waals surface area contributed by atoms with Crippen LogP contribution in [0.15, 0.2) is 30.5 Å². The van der Waals surface area contributed by atoms with E-state index in [2.05, 4.69) is 5.32 Å². The van der Waals surface area contributed by atoms with Gasteiger partial charge in [0.25, 0.3) is 5.91 Å². The number of benzene rings is 1. The molecule has 0 radical (unpaired) electrons. The lowest BCUT2D eigenvalue weighted by molar-refractivity contribution is -0.110. The number of rotatable bonds is 0. The largest absolute Gasteiger partial charge is 0.404 e. The highest BCUT2D eigenvalue weighted by Gasteiger charge is 2.22. The Morgan fingerprint density at radius 2 is 2.08 bits per heavy atom. The predicted molar refractivity (Wildman–Crippen MR) is 47.2 cm³/mol. The van der Waals surface area contributed by atoms with Gasteiger partial charge >= 0.3 is 0 Å². The van der Waals surface area contributed by atoms with Crippen LogP contribution in [0.5, 0.6) is 0 Å². The molecule has 0 aliphatic carbocycles. The van der Waals surface area contributed by atoms with E-state index in [9.17, 15) is 4.79 Å². The molecule has 3 N–H and O–H groups in total. The van der Waals surface area contributed by atoms with Gasteiger partial charge in [-0.2, -0.15) is 0 Å². The van der Waals surface area contributed by atoms with Gasteiger partial charge in [-0.3, -0.25) is 4.79 Å². The summed E-state index contributed by atoms with van der Waals surface area (Å²) in [4.78, 5) is 11.2. The summed E-state index contributed by atoms with van der Waals surface area (Å²) in [6.07, 6.45) is 1.33. The van der Waals surface area contributed by atoms with Crippen molar-refractivity contribution in [1.82, 2.24) is 0 Å². The summed E-state index contributed by atoms with van der Waals surface area (Å²) in [6, 6.07) is 7.47. The molecule has 1 aliphatic rings. The summed E-state index contributed by atoms with van der Waals surface area (Å²) >= 11 is 0. The maximum Gasteiger partial charge on any atom is 0.257 e. The molecule has 1 aromatic carbocycles. The van der Waals surface area contributed by atoms with Gasteiger partial charge in [0.05, 0.1) is 5.57 Å². The molecule has 1 amide bonds. The number of fused-ring (bicyclic) bond motifs is 1. The Kier molecular flexibility index (Phi) is 1.37. The van der Waals surface area contributed by atoms with Crippen LogP contribution in [0.2, 0.25) is 0 Å². The topological polar surface area (TPSA) is 55.1 Å². The number of amides is 1. The fraction of sp³-hybridized carbons (Fsp3) is 0. The van der Waals surface area contributed by atoms with Gasteiger partial charge in [-0.15, -0.1) is 0 Å². The van der Waals surface area contributed by atoms with Crippen molar-refractivity contribution in [2.45, 2.75) is 0 Å². The number of carbonyl (C=O) groups excluding carboxylic acids is 1. The molecule has 0 atom stereocenters. The fourth-order valence-electron chi connectivity index (χ4n) is 1.30. The molecule has 0 unspecified atom stereocenters. The molecule has 3 heteroatoms. The Morgan fingerprint density at radius 3 is 2.83 bits per heavy atom. The first kappa shape index (κ1) is 6.91. The van der Waals surface area contributed by atoms with Crippen LogP contribution in [0.3, 0.4) is 0 Å².